The molecule has 0 bridgehead atoms. The van der Waals surface area contributed by atoms with E-state index < -0.39 is 0 Å². The van der Waals surface area contributed by atoms with Crippen molar-refractivity contribution in [3.63, 3.8) is 0 Å². The number of hydrogen-bond donors (Lipinski definition) is 3. The molecule has 0 saturated heterocycles. The fourth-order valence-corrected chi connectivity index (χ4v) is 2.64. The summed E-state index contributed by atoms with van der Waals surface area (Å²) in [5, 5.41) is 17.4. The van der Waals surface area contributed by atoms with Gasteiger partial charge in [0.15, 0.2) is 0 Å². The van der Waals surface area contributed by atoms with Crippen molar-refractivity contribution < 1.29 is 4.74 Å². The smallest absolute Gasteiger partial charge is 0.148 e. The molecule has 0 aromatic carbocycles. The molecule has 0 aliphatic rings. The van der Waals surface area contributed by atoms with Gasteiger partial charge < -0.3 is 15.9 Å². The van der Waals surface area contributed by atoms with Gasteiger partial charge in [0.1, 0.15) is 29.0 Å². The summed E-state index contributed by atoms with van der Waals surface area (Å²) in [5.74, 6) is 7.66. The van der Waals surface area contributed by atoms with Crippen molar-refractivity contribution in [3.8, 4) is 11.5 Å². The normalized spacial score (nSPS) is 10.8. The van der Waals surface area contributed by atoms with Crippen LogP contribution in [0, 0.1) is 19.3 Å². The molecule has 0 saturated carbocycles. The van der Waals surface area contributed by atoms with E-state index in [4.69, 9.17) is 16.0 Å². The molecular formula is C20H22N8O. The van der Waals surface area contributed by atoms with Gasteiger partial charge in [-0.15, -0.1) is 5.11 Å². The van der Waals surface area contributed by atoms with Crippen molar-refractivity contribution in [3.05, 3.63) is 65.7 Å². The fourth-order valence-electron chi connectivity index (χ4n) is 2.64. The van der Waals surface area contributed by atoms with Crippen LogP contribution < -0.4 is 15.9 Å². The van der Waals surface area contributed by atoms with Crippen LogP contribution in [0.4, 0.5) is 11.6 Å². The highest BCUT2D eigenvalue weighted by molar-refractivity contribution is 5.79. The molecule has 4 N–H and O–H groups in total. The van der Waals surface area contributed by atoms with Gasteiger partial charge in [-0.25, -0.2) is 9.97 Å². The summed E-state index contributed by atoms with van der Waals surface area (Å²) in [6.45, 7) is 3.85. The van der Waals surface area contributed by atoms with E-state index in [1.54, 1.807) is 18.3 Å². The van der Waals surface area contributed by atoms with Gasteiger partial charge in [0, 0.05) is 30.1 Å². The third kappa shape index (κ3) is 5.80. The Hall–Kier alpha value is -3.88. The molecule has 0 spiro atoms. The molecule has 148 valence electrons. The SMILES string of the molecule is Cc1ccc(Oc2ccnc(Nc3cccc(CCC(=N)N=NN)n3)c2)c(C)n1. The summed E-state index contributed by atoms with van der Waals surface area (Å²) in [5.41, 5.74) is 2.59. The Balaban J connectivity index is 1.68. The van der Waals surface area contributed by atoms with Crippen molar-refractivity contribution in [1.29, 1.82) is 5.41 Å². The Morgan fingerprint density at radius 3 is 2.79 bits per heavy atom. The number of aromatic nitrogens is 3. The Labute approximate surface area is 168 Å². The highest BCUT2D eigenvalue weighted by Crippen LogP contribution is 2.26. The lowest BCUT2D eigenvalue weighted by Gasteiger charge is -2.11. The number of amidine groups is 1. The first-order valence-electron chi connectivity index (χ1n) is 9.03. The van der Waals surface area contributed by atoms with Crippen molar-refractivity contribution in [1.82, 2.24) is 15.0 Å². The molecule has 3 rings (SSSR count). The van der Waals surface area contributed by atoms with E-state index in [-0.39, 0.29) is 5.84 Å². The average molecular weight is 390 g/mol. The quantitative estimate of drug-likeness (QED) is 0.181. The first-order valence-corrected chi connectivity index (χ1v) is 9.03. The number of nitrogens with one attached hydrogen (secondary N) is 2. The van der Waals surface area contributed by atoms with E-state index >= 15 is 0 Å². The van der Waals surface area contributed by atoms with Crippen molar-refractivity contribution in [2.45, 2.75) is 26.7 Å². The van der Waals surface area contributed by atoms with Gasteiger partial charge in [-0.3, -0.25) is 10.4 Å². The van der Waals surface area contributed by atoms with Crippen LogP contribution in [0.2, 0.25) is 0 Å². The second-order valence-corrected chi connectivity index (χ2v) is 6.32. The summed E-state index contributed by atoms with van der Waals surface area (Å²) in [4.78, 5) is 13.3. The van der Waals surface area contributed by atoms with Crippen LogP contribution in [0.1, 0.15) is 23.5 Å². The van der Waals surface area contributed by atoms with Crippen molar-refractivity contribution in [2.75, 3.05) is 5.32 Å². The zero-order valence-electron chi connectivity index (χ0n) is 16.3. The van der Waals surface area contributed by atoms with Gasteiger partial charge in [-0.2, -0.15) is 0 Å². The van der Waals surface area contributed by atoms with Gasteiger partial charge >= 0.3 is 0 Å². The lowest BCUT2D eigenvalue weighted by atomic mass is 10.2. The standard InChI is InChI=1S/C20H22N8O/c1-13-6-8-17(14(2)24-13)29-16-10-11-23-20(12-16)26-19-5-3-4-15(25-19)7-9-18(21)27-28-22/h3-6,8,10-12H,7,9H2,1-2H3,(H3,21,22,27)(H,23,25,26). The Morgan fingerprint density at radius 1 is 1.14 bits per heavy atom. The van der Waals surface area contributed by atoms with Gasteiger partial charge in [0.05, 0.1) is 5.69 Å². The molecule has 0 atom stereocenters. The maximum absolute atomic E-state index is 7.60. The number of rotatable bonds is 7. The Bertz CT molecular complexity index is 1030. The van der Waals surface area contributed by atoms with Crippen LogP contribution in [0.25, 0.3) is 0 Å². The minimum absolute atomic E-state index is 0.111. The summed E-state index contributed by atoms with van der Waals surface area (Å²) in [6, 6.07) is 13.0. The lowest BCUT2D eigenvalue weighted by Crippen LogP contribution is -2.01. The average Bonchev–Trinajstić information content (AvgIpc) is 2.69. The van der Waals surface area contributed by atoms with E-state index in [1.165, 1.54) is 0 Å². The number of nitrogens with zero attached hydrogens (tertiary/aromatic N) is 5. The van der Waals surface area contributed by atoms with Gasteiger partial charge in [0.25, 0.3) is 0 Å². The highest BCUT2D eigenvalue weighted by Gasteiger charge is 2.06. The van der Waals surface area contributed by atoms with Crippen molar-refractivity contribution in [2.24, 2.45) is 16.2 Å². The number of anilines is 2. The van der Waals surface area contributed by atoms with E-state index in [2.05, 4.69) is 30.6 Å². The Morgan fingerprint density at radius 2 is 2.00 bits per heavy atom. The predicted octanol–water partition coefficient (Wildman–Crippen LogP) is 4.26. The van der Waals surface area contributed by atoms with E-state index in [9.17, 15) is 0 Å². The van der Waals surface area contributed by atoms with Crippen LogP contribution in [0.3, 0.4) is 0 Å². The van der Waals surface area contributed by atoms with Crippen LogP contribution in [-0.4, -0.2) is 20.8 Å². The monoisotopic (exact) mass is 390 g/mol. The zero-order chi connectivity index (χ0) is 20.6. The number of aryl methyl sites for hydroxylation is 3. The second kappa shape index (κ2) is 9.36. The molecule has 3 aromatic heterocycles. The Kier molecular flexibility index (Phi) is 6.41. The molecule has 9 nitrogen and oxygen atoms in total. The number of nitrogens with two attached hydrogens (primary N) is 1. The van der Waals surface area contributed by atoms with Crippen LogP contribution in [0.15, 0.2) is 59.0 Å². The second-order valence-electron chi connectivity index (χ2n) is 6.32. The topological polar surface area (TPSA) is 135 Å². The summed E-state index contributed by atoms with van der Waals surface area (Å²) < 4.78 is 5.94. The number of pyridine rings is 3. The van der Waals surface area contributed by atoms with Gasteiger partial charge in [-0.1, -0.05) is 11.3 Å². The maximum atomic E-state index is 7.60. The first-order chi connectivity index (χ1) is 14.0. The van der Waals surface area contributed by atoms with E-state index in [0.29, 0.717) is 36.0 Å². The molecule has 0 amide bonds. The molecule has 0 radical (unpaired) electrons. The molecule has 9 heteroatoms. The van der Waals surface area contributed by atoms with Crippen LogP contribution >= 0.6 is 0 Å². The van der Waals surface area contributed by atoms with Crippen molar-refractivity contribution >= 4 is 17.5 Å². The maximum Gasteiger partial charge on any atom is 0.148 e. The molecule has 0 aliphatic carbocycles. The highest BCUT2D eigenvalue weighted by atomic mass is 16.5. The molecule has 0 aliphatic heterocycles. The molecule has 3 heterocycles. The largest absolute Gasteiger partial charge is 0.455 e. The molecule has 3 aromatic rings. The summed E-state index contributed by atoms with van der Waals surface area (Å²) >= 11 is 0. The fraction of sp³-hybridized carbons (Fsp3) is 0.200. The summed E-state index contributed by atoms with van der Waals surface area (Å²) in [6.07, 6.45) is 2.63. The molecule has 0 fully saturated rings. The molecule has 29 heavy (non-hydrogen) atoms. The molecular weight excluding hydrogens is 368 g/mol. The minimum Gasteiger partial charge on any atom is -0.455 e. The van der Waals surface area contributed by atoms with Crippen LogP contribution in [0.5, 0.6) is 11.5 Å². The summed E-state index contributed by atoms with van der Waals surface area (Å²) in [7, 11) is 0. The predicted molar refractivity (Wildman–Crippen MR) is 111 cm³/mol. The first kappa shape index (κ1) is 19.9. The lowest BCUT2D eigenvalue weighted by molar-refractivity contribution is 0.475. The third-order valence-electron chi connectivity index (χ3n) is 4.00. The molecule has 0 unspecified atom stereocenters. The van der Waals surface area contributed by atoms with Gasteiger partial charge in [0.2, 0.25) is 0 Å². The minimum atomic E-state index is 0.111. The van der Waals surface area contributed by atoms with Gasteiger partial charge in [-0.05, 0) is 50.6 Å². The van der Waals surface area contributed by atoms with Crippen LogP contribution in [-0.2, 0) is 6.42 Å². The van der Waals surface area contributed by atoms with E-state index in [1.807, 2.05) is 44.2 Å². The zero-order valence-corrected chi connectivity index (χ0v) is 16.3. The number of hydrogen-bond acceptors (Lipinski definition) is 7. The third-order valence-corrected chi connectivity index (χ3v) is 4.00. The van der Waals surface area contributed by atoms with E-state index in [0.717, 1.165) is 17.1 Å². The number of ether oxygens (including phenoxy) is 1.